The van der Waals surface area contributed by atoms with Crippen molar-refractivity contribution in [2.45, 2.75) is 0 Å². The molecule has 1 aromatic heterocycles. The molecule has 32 heavy (non-hydrogen) atoms. The standard InChI is InChI=1S/C24H24Cl2N4O2/c25-17-2-1-3-19(14-17)28-6-8-29(9-7-28)23-20-15-18(26)4-5-22(20)27-16-21(23)24(31)30-10-12-32-13-11-30/h1-5,14-16H,6-13H2. The summed E-state index contributed by atoms with van der Waals surface area (Å²) in [6, 6.07) is 13.6. The second-order valence-electron chi connectivity index (χ2n) is 8.04. The van der Waals surface area contributed by atoms with E-state index in [1.165, 1.54) is 0 Å². The number of nitrogens with zero attached hydrogens (tertiary/aromatic N) is 4. The van der Waals surface area contributed by atoms with Crippen LogP contribution in [0.15, 0.2) is 48.7 Å². The highest BCUT2D eigenvalue weighted by molar-refractivity contribution is 6.31. The van der Waals surface area contributed by atoms with E-state index in [4.69, 9.17) is 27.9 Å². The van der Waals surface area contributed by atoms with Gasteiger partial charge in [-0.15, -0.1) is 0 Å². The Labute approximate surface area is 197 Å². The van der Waals surface area contributed by atoms with Crippen molar-refractivity contribution in [1.29, 1.82) is 0 Å². The quantitative estimate of drug-likeness (QED) is 0.569. The minimum Gasteiger partial charge on any atom is -0.378 e. The SMILES string of the molecule is O=C(c1cnc2ccc(Cl)cc2c1N1CCN(c2cccc(Cl)c2)CC1)N1CCOCC1. The summed E-state index contributed by atoms with van der Waals surface area (Å²) in [5.74, 6) is -0.00468. The normalized spacial score (nSPS) is 17.1. The lowest BCUT2D eigenvalue weighted by Gasteiger charge is -2.39. The van der Waals surface area contributed by atoms with Crippen LogP contribution >= 0.6 is 23.2 Å². The van der Waals surface area contributed by atoms with Crippen LogP contribution in [0.4, 0.5) is 11.4 Å². The van der Waals surface area contributed by atoms with Gasteiger partial charge in [-0.25, -0.2) is 0 Å². The molecule has 3 aromatic rings. The van der Waals surface area contributed by atoms with Crippen molar-refractivity contribution in [2.24, 2.45) is 0 Å². The number of pyridine rings is 1. The minimum atomic E-state index is -0.00468. The molecule has 1 amide bonds. The van der Waals surface area contributed by atoms with Gasteiger partial charge in [-0.05, 0) is 36.4 Å². The third kappa shape index (κ3) is 4.22. The van der Waals surface area contributed by atoms with E-state index in [-0.39, 0.29) is 5.91 Å². The van der Waals surface area contributed by atoms with Crippen LogP contribution in [-0.2, 0) is 4.74 Å². The van der Waals surface area contributed by atoms with E-state index in [1.54, 1.807) is 6.20 Å². The van der Waals surface area contributed by atoms with Crippen LogP contribution in [0.25, 0.3) is 10.9 Å². The van der Waals surface area contributed by atoms with Gasteiger partial charge in [-0.1, -0.05) is 29.3 Å². The predicted molar refractivity (Wildman–Crippen MR) is 129 cm³/mol. The fraction of sp³-hybridized carbons (Fsp3) is 0.333. The summed E-state index contributed by atoms with van der Waals surface area (Å²) in [6.45, 7) is 5.52. The van der Waals surface area contributed by atoms with Crippen molar-refractivity contribution in [3.8, 4) is 0 Å². The number of aromatic nitrogens is 1. The highest BCUT2D eigenvalue weighted by Gasteiger charge is 2.28. The molecule has 0 aliphatic carbocycles. The molecule has 0 atom stereocenters. The number of piperazine rings is 1. The number of amides is 1. The molecule has 0 unspecified atom stereocenters. The van der Waals surface area contributed by atoms with Gasteiger partial charge in [0.1, 0.15) is 0 Å². The molecule has 6 nitrogen and oxygen atoms in total. The first kappa shape index (κ1) is 21.3. The first-order valence-electron chi connectivity index (χ1n) is 10.8. The number of fused-ring (bicyclic) bond motifs is 1. The lowest BCUT2D eigenvalue weighted by molar-refractivity contribution is 0.0303. The van der Waals surface area contributed by atoms with Gasteiger partial charge in [0, 0.05) is 66.6 Å². The zero-order chi connectivity index (χ0) is 22.1. The molecule has 3 heterocycles. The largest absolute Gasteiger partial charge is 0.378 e. The lowest BCUT2D eigenvalue weighted by Crippen LogP contribution is -2.47. The van der Waals surface area contributed by atoms with Gasteiger partial charge in [0.2, 0.25) is 0 Å². The van der Waals surface area contributed by atoms with Crippen molar-refractivity contribution in [3.63, 3.8) is 0 Å². The molecular formula is C24H24Cl2N4O2. The summed E-state index contributed by atoms with van der Waals surface area (Å²) >= 11 is 12.5. The summed E-state index contributed by atoms with van der Waals surface area (Å²) < 4.78 is 5.43. The number of anilines is 2. The zero-order valence-electron chi connectivity index (χ0n) is 17.6. The monoisotopic (exact) mass is 470 g/mol. The number of ether oxygens (including phenoxy) is 1. The fourth-order valence-electron chi connectivity index (χ4n) is 4.45. The van der Waals surface area contributed by atoms with Crippen LogP contribution in [0.5, 0.6) is 0 Å². The van der Waals surface area contributed by atoms with Gasteiger partial charge in [0.25, 0.3) is 5.91 Å². The van der Waals surface area contributed by atoms with Crippen molar-refractivity contribution >= 4 is 51.4 Å². The van der Waals surface area contributed by atoms with Gasteiger partial charge < -0.3 is 19.4 Å². The van der Waals surface area contributed by atoms with Crippen LogP contribution in [0.2, 0.25) is 10.0 Å². The molecule has 2 aliphatic rings. The minimum absolute atomic E-state index is 0.00468. The highest BCUT2D eigenvalue weighted by atomic mass is 35.5. The topological polar surface area (TPSA) is 48.9 Å². The molecule has 8 heteroatoms. The lowest BCUT2D eigenvalue weighted by atomic mass is 10.1. The van der Waals surface area contributed by atoms with E-state index < -0.39 is 0 Å². The fourth-order valence-corrected chi connectivity index (χ4v) is 4.80. The van der Waals surface area contributed by atoms with Gasteiger partial charge in [-0.2, -0.15) is 0 Å². The molecule has 2 aromatic carbocycles. The third-order valence-corrected chi connectivity index (χ3v) is 6.57. The maximum atomic E-state index is 13.5. The second kappa shape index (κ2) is 9.14. The van der Waals surface area contributed by atoms with Crippen molar-refractivity contribution < 1.29 is 9.53 Å². The third-order valence-electron chi connectivity index (χ3n) is 6.10. The summed E-state index contributed by atoms with van der Waals surface area (Å²) in [4.78, 5) is 24.5. The number of carbonyl (C=O) groups is 1. The Morgan fingerprint density at radius 3 is 2.34 bits per heavy atom. The van der Waals surface area contributed by atoms with E-state index in [2.05, 4.69) is 20.9 Å². The summed E-state index contributed by atoms with van der Waals surface area (Å²) in [7, 11) is 0. The Morgan fingerprint density at radius 2 is 1.59 bits per heavy atom. The smallest absolute Gasteiger partial charge is 0.257 e. The number of rotatable bonds is 3. The van der Waals surface area contributed by atoms with Crippen molar-refractivity contribution in [1.82, 2.24) is 9.88 Å². The molecular weight excluding hydrogens is 447 g/mol. The van der Waals surface area contributed by atoms with Crippen LogP contribution in [0.1, 0.15) is 10.4 Å². The molecule has 2 saturated heterocycles. The predicted octanol–water partition coefficient (Wildman–Crippen LogP) is 4.34. The first-order chi connectivity index (χ1) is 15.6. The van der Waals surface area contributed by atoms with E-state index >= 15 is 0 Å². The Bertz CT molecular complexity index is 1140. The number of carbonyl (C=O) groups excluding carboxylic acids is 1. The van der Waals surface area contributed by atoms with Crippen LogP contribution in [-0.4, -0.2) is 68.3 Å². The average molecular weight is 471 g/mol. The maximum absolute atomic E-state index is 13.5. The van der Waals surface area contributed by atoms with Crippen molar-refractivity contribution in [3.05, 3.63) is 64.3 Å². The summed E-state index contributed by atoms with van der Waals surface area (Å²) in [5, 5.41) is 2.28. The Kier molecular flexibility index (Phi) is 6.09. The summed E-state index contributed by atoms with van der Waals surface area (Å²) in [6.07, 6.45) is 1.71. The number of hydrogen-bond acceptors (Lipinski definition) is 5. The molecule has 0 bridgehead atoms. The van der Waals surface area contributed by atoms with Crippen LogP contribution in [0, 0.1) is 0 Å². The number of benzene rings is 2. The highest BCUT2D eigenvalue weighted by Crippen LogP contribution is 2.34. The number of morpholine rings is 1. The molecule has 5 rings (SSSR count). The Morgan fingerprint density at radius 1 is 0.875 bits per heavy atom. The Hall–Kier alpha value is -2.54. The van der Waals surface area contributed by atoms with E-state index in [0.29, 0.717) is 36.9 Å². The maximum Gasteiger partial charge on any atom is 0.257 e. The van der Waals surface area contributed by atoms with Gasteiger partial charge in [0.15, 0.2) is 0 Å². The Balaban J connectivity index is 1.49. The molecule has 0 N–H and O–H groups in total. The van der Waals surface area contributed by atoms with Crippen LogP contribution in [0.3, 0.4) is 0 Å². The van der Waals surface area contributed by atoms with E-state index in [1.807, 2.05) is 41.3 Å². The molecule has 166 valence electrons. The van der Waals surface area contributed by atoms with Gasteiger partial charge in [-0.3, -0.25) is 9.78 Å². The van der Waals surface area contributed by atoms with Gasteiger partial charge in [0.05, 0.1) is 30.0 Å². The number of hydrogen-bond donors (Lipinski definition) is 0. The number of halogens is 2. The van der Waals surface area contributed by atoms with E-state index in [0.717, 1.165) is 53.5 Å². The molecule has 0 saturated carbocycles. The first-order valence-corrected chi connectivity index (χ1v) is 11.6. The van der Waals surface area contributed by atoms with Crippen LogP contribution < -0.4 is 9.80 Å². The summed E-state index contributed by atoms with van der Waals surface area (Å²) in [5.41, 5.74) is 3.49. The van der Waals surface area contributed by atoms with Crippen molar-refractivity contribution in [2.75, 3.05) is 62.3 Å². The molecule has 0 radical (unpaired) electrons. The molecule has 0 spiro atoms. The second-order valence-corrected chi connectivity index (χ2v) is 8.91. The van der Waals surface area contributed by atoms with E-state index in [9.17, 15) is 4.79 Å². The molecule has 2 aliphatic heterocycles. The molecule has 2 fully saturated rings. The average Bonchev–Trinajstić information content (AvgIpc) is 2.83. The zero-order valence-corrected chi connectivity index (χ0v) is 19.1. The van der Waals surface area contributed by atoms with Gasteiger partial charge >= 0.3 is 0 Å².